The van der Waals surface area contributed by atoms with E-state index in [1.165, 1.54) is 0 Å². The quantitative estimate of drug-likeness (QED) is 0.877. The fraction of sp³-hybridized carbons (Fsp3) is 0.333. The number of aromatic nitrogens is 2. The molecule has 1 aromatic carbocycles. The van der Waals surface area contributed by atoms with Crippen molar-refractivity contribution in [2.45, 2.75) is 26.4 Å². The molecule has 0 saturated carbocycles. The van der Waals surface area contributed by atoms with Crippen LogP contribution in [0.2, 0.25) is 0 Å². The van der Waals surface area contributed by atoms with Gasteiger partial charge in [-0.2, -0.15) is 5.10 Å². The molecule has 1 aromatic heterocycles. The number of benzene rings is 1. The number of carbonyl (C=O) groups is 1. The summed E-state index contributed by atoms with van der Waals surface area (Å²) in [7, 11) is 1.92. The van der Waals surface area contributed by atoms with E-state index in [9.17, 15) is 4.79 Å². The van der Waals surface area contributed by atoms with E-state index >= 15 is 0 Å². The third-order valence-corrected chi connectivity index (χ3v) is 3.42. The molecule has 1 atom stereocenters. The van der Waals surface area contributed by atoms with Gasteiger partial charge in [0.2, 0.25) is 5.91 Å². The van der Waals surface area contributed by atoms with Crippen LogP contribution < -0.4 is 5.32 Å². The molecule has 0 fully saturated rings. The van der Waals surface area contributed by atoms with Crippen molar-refractivity contribution >= 4 is 11.6 Å². The zero-order chi connectivity index (χ0) is 14.5. The van der Waals surface area contributed by atoms with Gasteiger partial charge in [-0.05, 0) is 38.6 Å². The Bertz CT molecular complexity index is 565. The predicted molar refractivity (Wildman–Crippen MR) is 79.3 cm³/mol. The number of carbonyl (C=O) groups excluding carboxylic acids is 1. The largest absolute Gasteiger partial charge is 0.324 e. The van der Waals surface area contributed by atoms with Crippen LogP contribution >= 0.6 is 0 Å². The van der Waals surface area contributed by atoms with Crippen molar-refractivity contribution in [3.63, 3.8) is 0 Å². The molecule has 2 N–H and O–H groups in total. The van der Waals surface area contributed by atoms with Crippen LogP contribution in [0.5, 0.6) is 0 Å². The average Bonchev–Trinajstić information content (AvgIpc) is 2.93. The number of likely N-dealkylation sites (N-methyl/N-ethyl adjacent to an activating group) is 1. The smallest absolute Gasteiger partial charge is 0.241 e. The first-order valence-electron chi connectivity index (χ1n) is 6.63. The van der Waals surface area contributed by atoms with E-state index in [1.54, 1.807) is 6.20 Å². The van der Waals surface area contributed by atoms with E-state index in [0.717, 1.165) is 16.9 Å². The number of aryl methyl sites for hydroxylation is 1. The fourth-order valence-corrected chi connectivity index (χ4v) is 1.93. The lowest BCUT2D eigenvalue weighted by molar-refractivity contribution is -0.120. The molecule has 0 spiro atoms. The molecule has 5 heteroatoms. The van der Waals surface area contributed by atoms with E-state index in [4.69, 9.17) is 0 Å². The lowest BCUT2D eigenvalue weighted by Crippen LogP contribution is -2.39. The van der Waals surface area contributed by atoms with Crippen LogP contribution in [-0.4, -0.2) is 34.1 Å². The monoisotopic (exact) mass is 272 g/mol. The van der Waals surface area contributed by atoms with Crippen molar-refractivity contribution in [1.82, 2.24) is 15.1 Å². The summed E-state index contributed by atoms with van der Waals surface area (Å²) in [5.74, 6) is -0.0127. The second-order valence-corrected chi connectivity index (χ2v) is 4.98. The maximum Gasteiger partial charge on any atom is 0.241 e. The van der Waals surface area contributed by atoms with E-state index in [-0.39, 0.29) is 11.9 Å². The summed E-state index contributed by atoms with van der Waals surface area (Å²) in [6.45, 7) is 4.53. The molecule has 0 saturated heterocycles. The minimum Gasteiger partial charge on any atom is -0.324 e. The van der Waals surface area contributed by atoms with Crippen LogP contribution in [-0.2, 0) is 11.3 Å². The van der Waals surface area contributed by atoms with Gasteiger partial charge in [-0.25, -0.2) is 0 Å². The highest BCUT2D eigenvalue weighted by molar-refractivity contribution is 5.95. The van der Waals surface area contributed by atoms with Crippen molar-refractivity contribution < 1.29 is 4.79 Å². The highest BCUT2D eigenvalue weighted by Gasteiger charge is 2.19. The Kier molecular flexibility index (Phi) is 4.53. The van der Waals surface area contributed by atoms with Gasteiger partial charge in [-0.1, -0.05) is 18.2 Å². The van der Waals surface area contributed by atoms with E-state index < -0.39 is 0 Å². The Morgan fingerprint density at radius 3 is 2.80 bits per heavy atom. The predicted octanol–water partition coefficient (Wildman–Crippen LogP) is 2.18. The van der Waals surface area contributed by atoms with Gasteiger partial charge in [-0.3, -0.25) is 14.8 Å². The highest BCUT2D eigenvalue weighted by Crippen LogP contribution is 2.14. The number of hydrogen-bond donors (Lipinski definition) is 2. The second-order valence-electron chi connectivity index (χ2n) is 4.98. The third kappa shape index (κ3) is 3.45. The number of anilines is 1. The van der Waals surface area contributed by atoms with E-state index in [1.807, 2.05) is 56.1 Å². The molecule has 1 unspecified atom stereocenters. The van der Waals surface area contributed by atoms with Crippen molar-refractivity contribution in [2.24, 2.45) is 0 Å². The van der Waals surface area contributed by atoms with Gasteiger partial charge in [0, 0.05) is 24.1 Å². The SMILES string of the molecule is Cc1ccccc1NC(=O)C(C)N(C)Cc1ccn[nH]1. The first-order valence-corrected chi connectivity index (χ1v) is 6.63. The number of hydrogen-bond acceptors (Lipinski definition) is 3. The number of nitrogens with zero attached hydrogens (tertiary/aromatic N) is 2. The summed E-state index contributed by atoms with van der Waals surface area (Å²) in [5, 5.41) is 9.77. The summed E-state index contributed by atoms with van der Waals surface area (Å²) >= 11 is 0. The Balaban J connectivity index is 1.96. The zero-order valence-electron chi connectivity index (χ0n) is 12.1. The van der Waals surface area contributed by atoms with Gasteiger partial charge >= 0.3 is 0 Å². The Morgan fingerprint density at radius 2 is 2.15 bits per heavy atom. The van der Waals surface area contributed by atoms with Crippen LogP contribution in [0.4, 0.5) is 5.69 Å². The van der Waals surface area contributed by atoms with E-state index in [2.05, 4.69) is 15.5 Å². The topological polar surface area (TPSA) is 61.0 Å². The lowest BCUT2D eigenvalue weighted by Gasteiger charge is -2.23. The van der Waals surface area contributed by atoms with Crippen molar-refractivity contribution in [2.75, 3.05) is 12.4 Å². The molecule has 5 nitrogen and oxygen atoms in total. The van der Waals surface area contributed by atoms with Crippen LogP contribution in [0.15, 0.2) is 36.5 Å². The molecule has 0 aliphatic carbocycles. The molecule has 0 aliphatic heterocycles. The lowest BCUT2D eigenvalue weighted by atomic mass is 10.2. The molecule has 2 aromatic rings. The van der Waals surface area contributed by atoms with Crippen molar-refractivity contribution in [1.29, 1.82) is 0 Å². The molecule has 20 heavy (non-hydrogen) atoms. The van der Waals surface area contributed by atoms with Crippen LogP contribution in [0.1, 0.15) is 18.2 Å². The van der Waals surface area contributed by atoms with Crippen LogP contribution in [0.25, 0.3) is 0 Å². The molecular weight excluding hydrogens is 252 g/mol. The summed E-state index contributed by atoms with van der Waals surface area (Å²) in [6, 6.07) is 9.45. The molecule has 0 radical (unpaired) electrons. The van der Waals surface area contributed by atoms with Gasteiger partial charge in [0.25, 0.3) is 0 Å². The molecular formula is C15H20N4O. The number of H-pyrrole nitrogens is 1. The van der Waals surface area contributed by atoms with Gasteiger partial charge in [0.15, 0.2) is 0 Å². The van der Waals surface area contributed by atoms with Gasteiger partial charge in [0.1, 0.15) is 0 Å². The minimum atomic E-state index is -0.224. The molecule has 0 bridgehead atoms. The maximum atomic E-state index is 12.3. The Labute approximate surface area is 119 Å². The maximum absolute atomic E-state index is 12.3. The zero-order valence-corrected chi connectivity index (χ0v) is 12.1. The normalized spacial score (nSPS) is 12.4. The first kappa shape index (κ1) is 14.3. The number of aromatic amines is 1. The van der Waals surface area contributed by atoms with Crippen molar-refractivity contribution in [3.8, 4) is 0 Å². The molecule has 0 aliphatic rings. The third-order valence-electron chi connectivity index (χ3n) is 3.42. The first-order chi connectivity index (χ1) is 9.58. The Morgan fingerprint density at radius 1 is 1.40 bits per heavy atom. The Hall–Kier alpha value is -2.14. The van der Waals surface area contributed by atoms with Gasteiger partial charge in [0.05, 0.1) is 6.04 Å². The molecule has 2 rings (SSSR count). The summed E-state index contributed by atoms with van der Waals surface area (Å²) in [5.41, 5.74) is 2.91. The molecule has 1 heterocycles. The van der Waals surface area contributed by atoms with E-state index in [0.29, 0.717) is 6.54 Å². The summed E-state index contributed by atoms with van der Waals surface area (Å²) in [6.07, 6.45) is 1.71. The van der Waals surface area contributed by atoms with Gasteiger partial charge in [-0.15, -0.1) is 0 Å². The number of amides is 1. The number of nitrogens with one attached hydrogen (secondary N) is 2. The average molecular weight is 272 g/mol. The molecule has 106 valence electrons. The molecule has 1 amide bonds. The number of rotatable bonds is 5. The van der Waals surface area contributed by atoms with Crippen molar-refractivity contribution in [3.05, 3.63) is 47.8 Å². The second kappa shape index (κ2) is 6.34. The van der Waals surface area contributed by atoms with Gasteiger partial charge < -0.3 is 5.32 Å². The highest BCUT2D eigenvalue weighted by atomic mass is 16.2. The van der Waals surface area contributed by atoms with Crippen LogP contribution in [0, 0.1) is 6.92 Å². The minimum absolute atomic E-state index is 0.0127. The standard InChI is InChI=1S/C15H20N4O/c1-11-6-4-5-7-14(11)17-15(20)12(2)19(3)10-13-8-9-16-18-13/h4-9,12H,10H2,1-3H3,(H,16,18)(H,17,20). The summed E-state index contributed by atoms with van der Waals surface area (Å²) in [4.78, 5) is 14.2. The number of para-hydroxylation sites is 1. The summed E-state index contributed by atoms with van der Waals surface area (Å²) < 4.78 is 0. The van der Waals surface area contributed by atoms with Crippen LogP contribution in [0.3, 0.4) is 0 Å². The fourth-order valence-electron chi connectivity index (χ4n) is 1.93.